The number of aryl methyl sites for hydroxylation is 1. The fraction of sp³-hybridized carbons (Fsp3) is 0.333. The number of carbonyl (C=O) groups excluding carboxylic acids is 2. The Hall–Kier alpha value is -3.23. The first-order chi connectivity index (χ1) is 15.9. The molecular formula is C24H27ClN4O4. The number of aromatic nitrogens is 1. The number of nitrogens with zero attached hydrogens (tertiary/aromatic N) is 2. The number of fused-ring (bicyclic) bond motifs is 1. The maximum atomic E-state index is 12.9. The molecule has 2 aromatic carbocycles. The summed E-state index contributed by atoms with van der Waals surface area (Å²) in [6.45, 7) is 5.39. The van der Waals surface area contributed by atoms with Crippen molar-refractivity contribution >= 4 is 45.8 Å². The minimum absolute atomic E-state index is 0.191. The SMILES string of the molecule is COC(=O)c1[nH]c2cc(OC)ccc2c1NC(=O)CN1CCN(c2cc(Cl)ccc2C)CC1. The van der Waals surface area contributed by atoms with Crippen LogP contribution < -0.4 is 15.0 Å². The third-order valence-electron chi connectivity index (χ3n) is 5.91. The van der Waals surface area contributed by atoms with Crippen LogP contribution in [0.1, 0.15) is 16.1 Å². The van der Waals surface area contributed by atoms with Gasteiger partial charge in [-0.05, 0) is 36.8 Å². The van der Waals surface area contributed by atoms with E-state index in [2.05, 4.69) is 27.0 Å². The van der Waals surface area contributed by atoms with Gasteiger partial charge < -0.3 is 24.7 Å². The molecule has 0 bridgehead atoms. The molecule has 0 spiro atoms. The number of rotatable bonds is 6. The number of amides is 1. The zero-order valence-corrected chi connectivity index (χ0v) is 19.7. The van der Waals surface area contributed by atoms with E-state index < -0.39 is 5.97 Å². The Morgan fingerprint density at radius 2 is 1.85 bits per heavy atom. The largest absolute Gasteiger partial charge is 0.497 e. The second-order valence-corrected chi connectivity index (χ2v) is 8.46. The maximum Gasteiger partial charge on any atom is 0.356 e. The number of anilines is 2. The number of piperazine rings is 1. The summed E-state index contributed by atoms with van der Waals surface area (Å²) in [5.41, 5.74) is 3.60. The highest BCUT2D eigenvalue weighted by Crippen LogP contribution is 2.31. The van der Waals surface area contributed by atoms with Crippen molar-refractivity contribution in [2.75, 3.05) is 57.2 Å². The standard InChI is InChI=1S/C24H27ClN4O4/c1-15-4-5-16(25)12-20(15)29-10-8-28(9-11-29)14-21(30)27-22-18-7-6-17(32-2)13-19(18)26-23(22)24(31)33-3/h4-7,12-13,26H,8-11,14H2,1-3H3,(H,27,30). The normalized spacial score (nSPS) is 14.4. The van der Waals surface area contributed by atoms with Gasteiger partial charge >= 0.3 is 5.97 Å². The third kappa shape index (κ3) is 4.91. The molecule has 3 aromatic rings. The fourth-order valence-corrected chi connectivity index (χ4v) is 4.31. The molecule has 0 radical (unpaired) electrons. The van der Waals surface area contributed by atoms with E-state index in [4.69, 9.17) is 21.1 Å². The minimum atomic E-state index is -0.550. The fourth-order valence-electron chi connectivity index (χ4n) is 4.14. The van der Waals surface area contributed by atoms with Gasteiger partial charge in [0.05, 0.1) is 32.0 Å². The lowest BCUT2D eigenvalue weighted by molar-refractivity contribution is -0.117. The summed E-state index contributed by atoms with van der Waals surface area (Å²) >= 11 is 6.17. The van der Waals surface area contributed by atoms with Crippen LogP contribution >= 0.6 is 11.6 Å². The molecule has 1 aliphatic heterocycles. The lowest BCUT2D eigenvalue weighted by Crippen LogP contribution is -2.48. The number of carbonyl (C=O) groups is 2. The Kier molecular flexibility index (Phi) is 6.76. The van der Waals surface area contributed by atoms with Crippen LogP contribution in [0.25, 0.3) is 10.9 Å². The topological polar surface area (TPSA) is 86.9 Å². The summed E-state index contributed by atoms with van der Waals surface area (Å²) in [4.78, 5) is 32.6. The number of H-pyrrole nitrogens is 1. The number of esters is 1. The van der Waals surface area contributed by atoms with Crippen molar-refractivity contribution in [1.29, 1.82) is 0 Å². The van der Waals surface area contributed by atoms with E-state index in [9.17, 15) is 9.59 Å². The van der Waals surface area contributed by atoms with Crippen molar-refractivity contribution in [3.63, 3.8) is 0 Å². The number of aromatic amines is 1. The third-order valence-corrected chi connectivity index (χ3v) is 6.15. The number of hydrogen-bond acceptors (Lipinski definition) is 6. The van der Waals surface area contributed by atoms with Crippen molar-refractivity contribution in [3.8, 4) is 5.75 Å². The highest BCUT2D eigenvalue weighted by molar-refractivity contribution is 6.30. The van der Waals surface area contributed by atoms with Gasteiger partial charge in [0, 0.05) is 48.3 Å². The van der Waals surface area contributed by atoms with Crippen LogP contribution in [0.2, 0.25) is 5.02 Å². The van der Waals surface area contributed by atoms with Gasteiger partial charge in [0.15, 0.2) is 0 Å². The summed E-state index contributed by atoms with van der Waals surface area (Å²) in [5.74, 6) is -0.0962. The van der Waals surface area contributed by atoms with Crippen LogP contribution in [-0.2, 0) is 9.53 Å². The summed E-state index contributed by atoms with van der Waals surface area (Å²) < 4.78 is 10.1. The summed E-state index contributed by atoms with van der Waals surface area (Å²) in [7, 11) is 2.88. The first kappa shape index (κ1) is 22.9. The van der Waals surface area contributed by atoms with Gasteiger partial charge in [-0.1, -0.05) is 17.7 Å². The van der Waals surface area contributed by atoms with Crippen molar-refractivity contribution in [2.45, 2.75) is 6.92 Å². The lowest BCUT2D eigenvalue weighted by atomic mass is 10.1. The van der Waals surface area contributed by atoms with E-state index in [0.717, 1.165) is 36.9 Å². The molecule has 174 valence electrons. The Balaban J connectivity index is 1.44. The van der Waals surface area contributed by atoms with Gasteiger partial charge in [-0.15, -0.1) is 0 Å². The van der Waals surface area contributed by atoms with Crippen molar-refractivity contribution in [1.82, 2.24) is 9.88 Å². The number of ether oxygens (including phenoxy) is 2. The molecule has 0 aliphatic carbocycles. The maximum absolute atomic E-state index is 12.9. The molecule has 1 saturated heterocycles. The van der Waals surface area contributed by atoms with E-state index in [0.29, 0.717) is 22.3 Å². The molecule has 1 amide bonds. The molecular weight excluding hydrogens is 444 g/mol. The number of halogens is 1. The highest BCUT2D eigenvalue weighted by Gasteiger charge is 2.24. The van der Waals surface area contributed by atoms with E-state index in [1.165, 1.54) is 12.7 Å². The second kappa shape index (κ2) is 9.72. The first-order valence-corrected chi connectivity index (χ1v) is 11.1. The molecule has 0 saturated carbocycles. The summed E-state index contributed by atoms with van der Waals surface area (Å²) in [5, 5.41) is 4.34. The summed E-state index contributed by atoms with van der Waals surface area (Å²) in [6, 6.07) is 11.3. The van der Waals surface area contributed by atoms with Crippen LogP contribution in [0, 0.1) is 6.92 Å². The Labute approximate surface area is 197 Å². The predicted molar refractivity (Wildman–Crippen MR) is 130 cm³/mol. The zero-order valence-electron chi connectivity index (χ0n) is 18.9. The molecule has 1 fully saturated rings. The molecule has 1 aliphatic rings. The van der Waals surface area contributed by atoms with E-state index in [1.54, 1.807) is 25.3 Å². The molecule has 33 heavy (non-hydrogen) atoms. The van der Waals surface area contributed by atoms with Gasteiger partial charge in [-0.25, -0.2) is 4.79 Å². The highest BCUT2D eigenvalue weighted by atomic mass is 35.5. The number of benzene rings is 2. The molecule has 2 heterocycles. The van der Waals surface area contributed by atoms with Crippen LogP contribution in [0.15, 0.2) is 36.4 Å². The van der Waals surface area contributed by atoms with Crippen LogP contribution in [-0.4, -0.2) is 68.7 Å². The minimum Gasteiger partial charge on any atom is -0.497 e. The predicted octanol–water partition coefficient (Wildman–Crippen LogP) is 3.69. The van der Waals surface area contributed by atoms with Crippen LogP contribution in [0.4, 0.5) is 11.4 Å². The Morgan fingerprint density at radius 3 is 2.55 bits per heavy atom. The van der Waals surface area contributed by atoms with Gasteiger partial charge in [-0.2, -0.15) is 0 Å². The second-order valence-electron chi connectivity index (χ2n) is 8.02. The van der Waals surface area contributed by atoms with E-state index in [1.807, 2.05) is 18.2 Å². The molecule has 0 atom stereocenters. The lowest BCUT2D eigenvalue weighted by Gasteiger charge is -2.36. The molecule has 2 N–H and O–H groups in total. The average molecular weight is 471 g/mol. The molecule has 8 nitrogen and oxygen atoms in total. The van der Waals surface area contributed by atoms with Crippen LogP contribution in [0.3, 0.4) is 0 Å². The monoisotopic (exact) mass is 470 g/mol. The van der Waals surface area contributed by atoms with Gasteiger partial charge in [-0.3, -0.25) is 9.69 Å². The molecule has 0 unspecified atom stereocenters. The van der Waals surface area contributed by atoms with Gasteiger partial charge in [0.2, 0.25) is 5.91 Å². The number of hydrogen-bond donors (Lipinski definition) is 2. The zero-order chi connectivity index (χ0) is 23.5. The van der Waals surface area contributed by atoms with Crippen molar-refractivity contribution in [2.24, 2.45) is 0 Å². The Bertz CT molecular complexity index is 1180. The van der Waals surface area contributed by atoms with Crippen molar-refractivity contribution < 1.29 is 19.1 Å². The quantitative estimate of drug-likeness (QED) is 0.534. The van der Waals surface area contributed by atoms with Crippen LogP contribution in [0.5, 0.6) is 5.75 Å². The molecule has 1 aromatic heterocycles. The van der Waals surface area contributed by atoms with Gasteiger partial charge in [0.1, 0.15) is 11.4 Å². The number of methoxy groups -OCH3 is 2. The van der Waals surface area contributed by atoms with Gasteiger partial charge in [0.25, 0.3) is 0 Å². The number of nitrogens with one attached hydrogen (secondary N) is 2. The average Bonchev–Trinajstić information content (AvgIpc) is 3.18. The Morgan fingerprint density at radius 1 is 1.09 bits per heavy atom. The molecule has 4 rings (SSSR count). The van der Waals surface area contributed by atoms with Crippen molar-refractivity contribution in [3.05, 3.63) is 52.7 Å². The molecule has 9 heteroatoms. The smallest absolute Gasteiger partial charge is 0.356 e. The van der Waals surface area contributed by atoms with E-state index >= 15 is 0 Å². The van der Waals surface area contributed by atoms with E-state index in [-0.39, 0.29) is 18.1 Å². The summed E-state index contributed by atoms with van der Waals surface area (Å²) in [6.07, 6.45) is 0. The first-order valence-electron chi connectivity index (χ1n) is 10.7.